The average Bonchev–Trinajstić information content (AvgIpc) is 2.50. The van der Waals surface area contributed by atoms with E-state index < -0.39 is 0 Å². The fourth-order valence-electron chi connectivity index (χ4n) is 2.27. The highest BCUT2D eigenvalue weighted by Gasteiger charge is 2.24. The second kappa shape index (κ2) is 6.64. The first-order valence-electron chi connectivity index (χ1n) is 7.81. The van der Waals surface area contributed by atoms with E-state index in [0.29, 0.717) is 13.0 Å². The second-order valence-corrected chi connectivity index (χ2v) is 7.78. The van der Waals surface area contributed by atoms with Gasteiger partial charge in [0.2, 0.25) is 0 Å². The number of allylic oxidation sites excluding steroid dienone is 5. The lowest BCUT2D eigenvalue weighted by Crippen LogP contribution is -2.14. The molecule has 2 heteroatoms. The predicted octanol–water partition coefficient (Wildman–Crippen LogP) is 5.21. The van der Waals surface area contributed by atoms with E-state index in [9.17, 15) is 4.79 Å². The van der Waals surface area contributed by atoms with Crippen LogP contribution in [0.5, 0.6) is 0 Å². The molecule has 21 heavy (non-hydrogen) atoms. The molecule has 1 rings (SSSR count). The fourth-order valence-corrected chi connectivity index (χ4v) is 2.27. The summed E-state index contributed by atoms with van der Waals surface area (Å²) in [6, 6.07) is 0. The predicted molar refractivity (Wildman–Crippen MR) is 89.0 cm³/mol. The van der Waals surface area contributed by atoms with Gasteiger partial charge in [0, 0.05) is 0 Å². The molecule has 2 nitrogen and oxygen atoms in total. The Bertz CT molecular complexity index is 477. The maximum absolute atomic E-state index is 11.8. The van der Waals surface area contributed by atoms with Crippen molar-refractivity contribution in [3.63, 3.8) is 0 Å². The molecule has 0 aromatic carbocycles. The summed E-state index contributed by atoms with van der Waals surface area (Å²) in [4.78, 5) is 11.8. The summed E-state index contributed by atoms with van der Waals surface area (Å²) in [5.41, 5.74) is 4.02. The van der Waals surface area contributed by atoms with E-state index in [1.54, 1.807) is 0 Å². The number of carbonyl (C=O) groups excluding carboxylic acids is 1. The van der Waals surface area contributed by atoms with Gasteiger partial charge in [-0.25, -0.2) is 0 Å². The summed E-state index contributed by atoms with van der Waals surface area (Å²) in [7, 11) is 0. The van der Waals surface area contributed by atoms with Crippen molar-refractivity contribution in [3.8, 4) is 0 Å². The highest BCUT2D eigenvalue weighted by Crippen LogP contribution is 2.38. The Hall–Kier alpha value is -1.31. The van der Waals surface area contributed by atoms with Gasteiger partial charge in [-0.2, -0.15) is 0 Å². The summed E-state index contributed by atoms with van der Waals surface area (Å²) < 4.78 is 5.08. The highest BCUT2D eigenvalue weighted by atomic mass is 16.5. The number of hydrogen-bond acceptors (Lipinski definition) is 2. The van der Waals surface area contributed by atoms with Crippen LogP contribution in [0, 0.1) is 10.8 Å². The fraction of sp³-hybridized carbons (Fsp3) is 0.632. The van der Waals surface area contributed by atoms with Gasteiger partial charge in [-0.05, 0) is 29.7 Å². The van der Waals surface area contributed by atoms with Crippen LogP contribution in [-0.2, 0) is 9.53 Å². The molecule has 1 aliphatic rings. The van der Waals surface area contributed by atoms with Crippen LogP contribution in [0.2, 0.25) is 0 Å². The van der Waals surface area contributed by atoms with Gasteiger partial charge in [-0.1, -0.05) is 70.9 Å². The summed E-state index contributed by atoms with van der Waals surface area (Å²) in [6.45, 7) is 15.6. The Labute approximate surface area is 130 Å². The summed E-state index contributed by atoms with van der Waals surface area (Å²) in [5.74, 6) is -0.135. The van der Waals surface area contributed by atoms with Gasteiger partial charge in [0.25, 0.3) is 0 Å². The van der Waals surface area contributed by atoms with Gasteiger partial charge in [0.1, 0.15) is 0 Å². The molecule has 118 valence electrons. The van der Waals surface area contributed by atoms with Crippen LogP contribution in [-0.4, -0.2) is 12.6 Å². The molecule has 0 atom stereocenters. The highest BCUT2D eigenvalue weighted by molar-refractivity contribution is 5.72. The molecule has 0 spiro atoms. The summed E-state index contributed by atoms with van der Waals surface area (Å²) in [5, 5.41) is 0. The lowest BCUT2D eigenvalue weighted by Gasteiger charge is -2.26. The Balaban J connectivity index is 3.10. The molecule has 0 unspecified atom stereocenters. The first-order chi connectivity index (χ1) is 9.54. The molecule has 0 saturated heterocycles. The van der Waals surface area contributed by atoms with Crippen LogP contribution < -0.4 is 0 Å². The average molecular weight is 290 g/mol. The third-order valence-corrected chi connectivity index (χ3v) is 3.75. The maximum Gasteiger partial charge on any atom is 0.309 e. The third kappa shape index (κ3) is 5.53. The summed E-state index contributed by atoms with van der Waals surface area (Å²) in [6.07, 6.45) is 7.81. The maximum atomic E-state index is 11.8. The Morgan fingerprint density at radius 3 is 2.19 bits per heavy atom. The van der Waals surface area contributed by atoms with Crippen LogP contribution in [0.15, 0.2) is 34.9 Å². The molecule has 1 aliphatic carbocycles. The van der Waals surface area contributed by atoms with E-state index in [0.717, 1.165) is 12.0 Å². The molecule has 0 aromatic rings. The molecule has 0 heterocycles. The number of carbonyl (C=O) groups is 1. The zero-order valence-corrected chi connectivity index (χ0v) is 14.7. The standard InChI is InChI=1S/C19H30O2/c1-8-21-17(20)12-14-9-10-15(18(2,3)4)13-16(11-14)19(5,6)7/h9-10,13H,8,11-12H2,1-7H3. The smallest absolute Gasteiger partial charge is 0.309 e. The Morgan fingerprint density at radius 1 is 1.10 bits per heavy atom. The van der Waals surface area contributed by atoms with Gasteiger partial charge >= 0.3 is 5.97 Å². The SMILES string of the molecule is CCOC(=O)CC1=CC=C(C(C)(C)C)C=C(C(C)(C)C)C1. The van der Waals surface area contributed by atoms with E-state index in [4.69, 9.17) is 4.74 Å². The van der Waals surface area contributed by atoms with Crippen molar-refractivity contribution in [1.82, 2.24) is 0 Å². The van der Waals surface area contributed by atoms with Gasteiger partial charge < -0.3 is 4.74 Å². The van der Waals surface area contributed by atoms with E-state index in [-0.39, 0.29) is 16.8 Å². The second-order valence-electron chi connectivity index (χ2n) is 7.78. The number of esters is 1. The Morgan fingerprint density at radius 2 is 1.71 bits per heavy atom. The minimum atomic E-state index is -0.135. The minimum absolute atomic E-state index is 0.0996. The third-order valence-electron chi connectivity index (χ3n) is 3.75. The molecule has 0 aromatic heterocycles. The first-order valence-corrected chi connectivity index (χ1v) is 7.81. The molecule has 0 N–H and O–H groups in total. The first kappa shape index (κ1) is 17.7. The lowest BCUT2D eigenvalue weighted by molar-refractivity contribution is -0.142. The minimum Gasteiger partial charge on any atom is -0.466 e. The molecule has 0 aliphatic heterocycles. The van der Waals surface area contributed by atoms with Crippen LogP contribution in [0.3, 0.4) is 0 Å². The topological polar surface area (TPSA) is 26.3 Å². The van der Waals surface area contributed by atoms with Crippen LogP contribution in [0.25, 0.3) is 0 Å². The quantitative estimate of drug-likeness (QED) is 0.666. The van der Waals surface area contributed by atoms with Crippen LogP contribution in [0.4, 0.5) is 0 Å². The normalized spacial score (nSPS) is 16.6. The summed E-state index contributed by atoms with van der Waals surface area (Å²) >= 11 is 0. The number of ether oxygens (including phenoxy) is 1. The van der Waals surface area contributed by atoms with E-state index in [1.165, 1.54) is 11.1 Å². The molecule has 0 amide bonds. The van der Waals surface area contributed by atoms with Gasteiger partial charge in [0.15, 0.2) is 0 Å². The molecule has 0 bridgehead atoms. The molecule has 0 saturated carbocycles. The molecular formula is C19H30O2. The van der Waals surface area contributed by atoms with Crippen molar-refractivity contribution in [2.75, 3.05) is 6.61 Å². The van der Waals surface area contributed by atoms with Gasteiger partial charge in [-0.15, -0.1) is 0 Å². The van der Waals surface area contributed by atoms with Crippen molar-refractivity contribution >= 4 is 5.97 Å². The van der Waals surface area contributed by atoms with Gasteiger partial charge in [-0.3, -0.25) is 4.79 Å². The monoisotopic (exact) mass is 290 g/mol. The number of rotatable bonds is 3. The van der Waals surface area contributed by atoms with Crippen molar-refractivity contribution < 1.29 is 9.53 Å². The molecular weight excluding hydrogens is 260 g/mol. The van der Waals surface area contributed by atoms with E-state index in [2.05, 4.69) is 59.8 Å². The lowest BCUT2D eigenvalue weighted by atomic mass is 9.79. The van der Waals surface area contributed by atoms with Crippen molar-refractivity contribution in [1.29, 1.82) is 0 Å². The van der Waals surface area contributed by atoms with Gasteiger partial charge in [0.05, 0.1) is 13.0 Å². The zero-order valence-electron chi connectivity index (χ0n) is 14.7. The Kier molecular flexibility index (Phi) is 5.61. The molecule has 0 fully saturated rings. The van der Waals surface area contributed by atoms with Crippen LogP contribution >= 0.6 is 0 Å². The van der Waals surface area contributed by atoms with Crippen molar-refractivity contribution in [2.24, 2.45) is 10.8 Å². The van der Waals surface area contributed by atoms with E-state index >= 15 is 0 Å². The van der Waals surface area contributed by atoms with E-state index in [1.807, 2.05) is 6.92 Å². The largest absolute Gasteiger partial charge is 0.466 e. The van der Waals surface area contributed by atoms with Crippen molar-refractivity contribution in [3.05, 3.63) is 34.9 Å². The van der Waals surface area contributed by atoms with Crippen LogP contribution in [0.1, 0.15) is 61.3 Å². The molecule has 0 radical (unpaired) electrons. The zero-order chi connectivity index (χ0) is 16.3. The van der Waals surface area contributed by atoms with Crippen molar-refractivity contribution in [2.45, 2.75) is 61.3 Å². The number of hydrogen-bond donors (Lipinski definition) is 0.